The fourth-order valence-electron chi connectivity index (χ4n) is 1.92. The predicted octanol–water partition coefficient (Wildman–Crippen LogP) is 1.74. The van der Waals surface area contributed by atoms with E-state index in [0.717, 1.165) is 5.56 Å². The van der Waals surface area contributed by atoms with E-state index < -0.39 is 0 Å². The molecule has 0 aliphatic carbocycles. The highest BCUT2D eigenvalue weighted by atomic mass is 16.5. The van der Waals surface area contributed by atoms with Crippen LogP contribution in [0.25, 0.3) is 0 Å². The highest BCUT2D eigenvalue weighted by Crippen LogP contribution is 2.12. The largest absolute Gasteiger partial charge is 0.384 e. The van der Waals surface area contributed by atoms with Gasteiger partial charge >= 0.3 is 0 Å². The molecule has 1 aromatic carbocycles. The maximum atomic E-state index is 12.5. The summed E-state index contributed by atoms with van der Waals surface area (Å²) in [6, 6.07) is 5.45. The lowest BCUT2D eigenvalue weighted by atomic mass is 10.0. The summed E-state index contributed by atoms with van der Waals surface area (Å²) in [7, 11) is 1.62. The van der Waals surface area contributed by atoms with Gasteiger partial charge in [0.1, 0.15) is 6.61 Å². The van der Waals surface area contributed by atoms with Gasteiger partial charge in [-0.05, 0) is 25.0 Å². The first-order chi connectivity index (χ1) is 9.99. The number of rotatable bonds is 5. The number of aryl methyl sites for hydroxylation is 1. The Hall–Kier alpha value is -1.83. The number of ether oxygens (including phenoxy) is 1. The number of benzene rings is 1. The Bertz CT molecular complexity index is 541. The second-order valence-corrected chi connectivity index (χ2v) is 5.29. The van der Waals surface area contributed by atoms with Crippen LogP contribution >= 0.6 is 0 Å². The normalized spacial score (nSPS) is 11.7. The monoisotopic (exact) mass is 289 g/mol. The molecule has 0 aliphatic rings. The van der Waals surface area contributed by atoms with Crippen LogP contribution in [0.4, 0.5) is 0 Å². The molecule has 21 heavy (non-hydrogen) atoms. The summed E-state index contributed by atoms with van der Waals surface area (Å²) in [6.45, 7) is 6.23. The fourth-order valence-corrected chi connectivity index (χ4v) is 1.92. The van der Waals surface area contributed by atoms with Gasteiger partial charge in [0.15, 0.2) is 0 Å². The van der Waals surface area contributed by atoms with Gasteiger partial charge in [-0.15, -0.1) is 0 Å². The minimum atomic E-state index is -0.229. The van der Waals surface area contributed by atoms with Crippen LogP contribution in [0.5, 0.6) is 0 Å². The second kappa shape index (κ2) is 8.46. The standard InChI is InChI=1S/C17H23NO3/c1-12(2)16(11-21-4)18-17(20)15-10-13(3)7-8-14(15)6-5-9-19/h7-8,10,12,16,19H,9,11H2,1-4H3,(H,18,20). The molecule has 4 heteroatoms. The smallest absolute Gasteiger partial charge is 0.252 e. The van der Waals surface area contributed by atoms with Crippen molar-refractivity contribution in [2.24, 2.45) is 5.92 Å². The molecular weight excluding hydrogens is 266 g/mol. The first kappa shape index (κ1) is 17.2. The quantitative estimate of drug-likeness (QED) is 0.812. The third-order valence-corrected chi connectivity index (χ3v) is 3.19. The van der Waals surface area contributed by atoms with Gasteiger partial charge in [-0.2, -0.15) is 0 Å². The molecule has 1 rings (SSSR count). The molecule has 1 amide bonds. The van der Waals surface area contributed by atoms with Gasteiger partial charge in [0, 0.05) is 12.7 Å². The van der Waals surface area contributed by atoms with Crippen LogP contribution < -0.4 is 5.32 Å². The van der Waals surface area contributed by atoms with Gasteiger partial charge in [-0.25, -0.2) is 0 Å². The Kier molecular flexibility index (Phi) is 6.93. The summed E-state index contributed by atoms with van der Waals surface area (Å²) in [5.74, 6) is 5.49. The molecule has 4 nitrogen and oxygen atoms in total. The van der Waals surface area contributed by atoms with Crippen molar-refractivity contribution in [3.8, 4) is 11.8 Å². The highest BCUT2D eigenvalue weighted by molar-refractivity contribution is 5.97. The lowest BCUT2D eigenvalue weighted by Crippen LogP contribution is -2.41. The zero-order chi connectivity index (χ0) is 15.8. The van der Waals surface area contributed by atoms with E-state index in [4.69, 9.17) is 9.84 Å². The Morgan fingerprint density at radius 1 is 1.43 bits per heavy atom. The predicted molar refractivity (Wildman–Crippen MR) is 83.1 cm³/mol. The number of carbonyl (C=O) groups excluding carboxylic acids is 1. The van der Waals surface area contributed by atoms with Crippen LogP contribution in [0.15, 0.2) is 18.2 Å². The van der Waals surface area contributed by atoms with Crippen LogP contribution in [-0.2, 0) is 4.74 Å². The van der Waals surface area contributed by atoms with E-state index >= 15 is 0 Å². The van der Waals surface area contributed by atoms with Crippen LogP contribution in [0.1, 0.15) is 35.3 Å². The summed E-state index contributed by atoms with van der Waals surface area (Å²) >= 11 is 0. The Labute approximate surface area is 126 Å². The lowest BCUT2D eigenvalue weighted by Gasteiger charge is -2.22. The van der Waals surface area contributed by atoms with E-state index in [1.54, 1.807) is 19.2 Å². The summed E-state index contributed by atoms with van der Waals surface area (Å²) in [5, 5.41) is 11.8. The lowest BCUT2D eigenvalue weighted by molar-refractivity contribution is 0.0866. The molecule has 0 fully saturated rings. The Morgan fingerprint density at radius 3 is 2.71 bits per heavy atom. The third kappa shape index (κ3) is 5.22. The van der Waals surface area contributed by atoms with Gasteiger partial charge < -0.3 is 15.2 Å². The van der Waals surface area contributed by atoms with Crippen molar-refractivity contribution < 1.29 is 14.6 Å². The SMILES string of the molecule is COCC(NC(=O)c1cc(C)ccc1C#CCO)C(C)C. The Balaban J connectivity index is 3.02. The van der Waals surface area contributed by atoms with E-state index in [9.17, 15) is 4.79 Å². The first-order valence-electron chi connectivity index (χ1n) is 6.99. The van der Waals surface area contributed by atoms with Crippen LogP contribution in [0.3, 0.4) is 0 Å². The van der Waals surface area contributed by atoms with E-state index in [1.807, 2.05) is 26.8 Å². The fraction of sp³-hybridized carbons (Fsp3) is 0.471. The highest BCUT2D eigenvalue weighted by Gasteiger charge is 2.18. The van der Waals surface area contributed by atoms with Gasteiger partial charge in [0.05, 0.1) is 18.2 Å². The molecule has 0 bridgehead atoms. The average molecular weight is 289 g/mol. The van der Waals surface area contributed by atoms with Crippen molar-refractivity contribution in [2.75, 3.05) is 20.3 Å². The molecule has 0 aliphatic heterocycles. The molecular formula is C17H23NO3. The number of amides is 1. The number of hydrogen-bond acceptors (Lipinski definition) is 3. The summed E-state index contributed by atoms with van der Waals surface area (Å²) in [6.07, 6.45) is 0. The molecule has 1 atom stereocenters. The zero-order valence-corrected chi connectivity index (χ0v) is 13.1. The number of carbonyl (C=O) groups is 1. The van der Waals surface area contributed by atoms with Gasteiger partial charge in [-0.3, -0.25) is 4.79 Å². The number of aliphatic hydroxyl groups excluding tert-OH is 1. The number of nitrogens with one attached hydrogen (secondary N) is 1. The molecule has 0 saturated heterocycles. The van der Waals surface area contributed by atoms with Gasteiger partial charge in [0.2, 0.25) is 0 Å². The molecule has 0 spiro atoms. The Morgan fingerprint density at radius 2 is 2.14 bits per heavy atom. The van der Waals surface area contributed by atoms with Gasteiger partial charge in [0.25, 0.3) is 5.91 Å². The van der Waals surface area contributed by atoms with E-state index in [0.29, 0.717) is 17.7 Å². The van der Waals surface area contributed by atoms with Crippen molar-refractivity contribution in [3.63, 3.8) is 0 Å². The third-order valence-electron chi connectivity index (χ3n) is 3.19. The molecule has 1 aromatic rings. The minimum Gasteiger partial charge on any atom is -0.384 e. The molecule has 0 saturated carbocycles. The summed E-state index contributed by atoms with van der Waals surface area (Å²) < 4.78 is 5.15. The summed E-state index contributed by atoms with van der Waals surface area (Å²) in [5.41, 5.74) is 2.13. The zero-order valence-electron chi connectivity index (χ0n) is 13.1. The van der Waals surface area contributed by atoms with Crippen molar-refractivity contribution >= 4 is 5.91 Å². The number of methoxy groups -OCH3 is 1. The van der Waals surface area contributed by atoms with Crippen LogP contribution in [0.2, 0.25) is 0 Å². The van der Waals surface area contributed by atoms with Crippen molar-refractivity contribution in [2.45, 2.75) is 26.8 Å². The maximum Gasteiger partial charge on any atom is 0.252 e. The average Bonchev–Trinajstić information content (AvgIpc) is 2.45. The molecule has 0 heterocycles. The number of hydrogen-bond donors (Lipinski definition) is 2. The maximum absolute atomic E-state index is 12.5. The van der Waals surface area contributed by atoms with E-state index in [1.165, 1.54) is 0 Å². The first-order valence-corrected chi connectivity index (χ1v) is 6.99. The van der Waals surface area contributed by atoms with Gasteiger partial charge in [-0.1, -0.05) is 37.3 Å². The van der Waals surface area contributed by atoms with E-state index in [-0.39, 0.29) is 24.5 Å². The number of aliphatic hydroxyl groups is 1. The van der Waals surface area contributed by atoms with Crippen LogP contribution in [-0.4, -0.2) is 37.4 Å². The van der Waals surface area contributed by atoms with Crippen molar-refractivity contribution in [3.05, 3.63) is 34.9 Å². The summed E-state index contributed by atoms with van der Waals surface area (Å²) in [4.78, 5) is 12.5. The molecule has 114 valence electrons. The van der Waals surface area contributed by atoms with Crippen molar-refractivity contribution in [1.82, 2.24) is 5.32 Å². The van der Waals surface area contributed by atoms with E-state index in [2.05, 4.69) is 17.2 Å². The molecule has 1 unspecified atom stereocenters. The van der Waals surface area contributed by atoms with Crippen LogP contribution in [0, 0.1) is 24.7 Å². The molecule has 2 N–H and O–H groups in total. The second-order valence-electron chi connectivity index (χ2n) is 5.29. The van der Waals surface area contributed by atoms with Crippen molar-refractivity contribution in [1.29, 1.82) is 0 Å². The topological polar surface area (TPSA) is 58.6 Å². The minimum absolute atomic E-state index is 0.0540. The molecule has 0 radical (unpaired) electrons. The molecule has 0 aromatic heterocycles.